The molecular formula is C19H16ClF2O3S-. The summed E-state index contributed by atoms with van der Waals surface area (Å²) in [6.45, 7) is 0.348. The van der Waals surface area contributed by atoms with E-state index in [0.717, 1.165) is 25.0 Å². The van der Waals surface area contributed by atoms with Gasteiger partial charge in [-0.3, -0.25) is 4.21 Å². The normalized spacial score (nSPS) is 25.8. The van der Waals surface area contributed by atoms with E-state index in [4.69, 9.17) is 16.3 Å². The molecule has 0 saturated heterocycles. The van der Waals surface area contributed by atoms with Crippen LogP contribution in [0, 0.1) is 17.6 Å². The van der Waals surface area contributed by atoms with Crippen LogP contribution in [0.4, 0.5) is 8.78 Å². The van der Waals surface area contributed by atoms with Gasteiger partial charge in [-0.25, -0.2) is 8.78 Å². The van der Waals surface area contributed by atoms with Gasteiger partial charge in [-0.1, -0.05) is 11.6 Å². The maximum absolute atomic E-state index is 14.5. The summed E-state index contributed by atoms with van der Waals surface area (Å²) in [5.74, 6) is -1.25. The van der Waals surface area contributed by atoms with E-state index in [-0.39, 0.29) is 34.0 Å². The van der Waals surface area contributed by atoms with Crippen LogP contribution in [0.2, 0.25) is 5.02 Å². The van der Waals surface area contributed by atoms with Crippen LogP contribution in [0.25, 0.3) is 0 Å². The van der Waals surface area contributed by atoms with Gasteiger partial charge in [0.05, 0.1) is 6.61 Å². The quantitative estimate of drug-likeness (QED) is 0.676. The van der Waals surface area contributed by atoms with E-state index in [0.29, 0.717) is 23.6 Å². The Morgan fingerprint density at radius 2 is 1.92 bits per heavy atom. The molecule has 0 bridgehead atoms. The van der Waals surface area contributed by atoms with Gasteiger partial charge in [0.1, 0.15) is 5.82 Å². The molecule has 1 saturated carbocycles. The van der Waals surface area contributed by atoms with Gasteiger partial charge >= 0.3 is 0 Å². The second-order valence-electron chi connectivity index (χ2n) is 6.88. The predicted octanol–water partition coefficient (Wildman–Crippen LogP) is 4.92. The topological polar surface area (TPSA) is 49.4 Å². The monoisotopic (exact) mass is 397 g/mol. The minimum atomic E-state index is -2.38. The molecule has 7 heteroatoms. The molecule has 0 aromatic heterocycles. The first kappa shape index (κ1) is 17.9. The molecule has 0 N–H and O–H groups in total. The van der Waals surface area contributed by atoms with Crippen LogP contribution >= 0.6 is 11.6 Å². The molecule has 2 aromatic carbocycles. The minimum Gasteiger partial charge on any atom is -0.768 e. The minimum absolute atomic E-state index is 0.00869. The summed E-state index contributed by atoms with van der Waals surface area (Å²) in [5.41, 5.74) is 0.923. The molecule has 0 radical (unpaired) electrons. The van der Waals surface area contributed by atoms with Crippen LogP contribution in [0.5, 0.6) is 5.75 Å². The standard InChI is InChI=1S/C19H17ClF2O3S/c20-12-3-6-17(26(23)24)13(8-12)10-1-2-11-9-25-19-16(22)5-4-15(21)18(19)14(11)7-10/h3-6,8,10-11,14H,1-2,7,9H2,(H,23,24)/p-1. The summed E-state index contributed by atoms with van der Waals surface area (Å²) in [5, 5.41) is 0.459. The van der Waals surface area contributed by atoms with Crippen LogP contribution in [-0.4, -0.2) is 15.4 Å². The van der Waals surface area contributed by atoms with Crippen LogP contribution < -0.4 is 4.74 Å². The number of hydrogen-bond acceptors (Lipinski definition) is 3. The Balaban J connectivity index is 1.74. The lowest BCUT2D eigenvalue weighted by molar-refractivity contribution is 0.139. The molecule has 1 heterocycles. The molecule has 2 aliphatic rings. The van der Waals surface area contributed by atoms with Gasteiger partial charge in [0.2, 0.25) is 0 Å². The van der Waals surface area contributed by atoms with E-state index >= 15 is 0 Å². The summed E-state index contributed by atoms with van der Waals surface area (Å²) >= 11 is 3.69. The molecule has 4 rings (SSSR count). The Kier molecular flexibility index (Phi) is 4.75. The van der Waals surface area contributed by atoms with E-state index in [2.05, 4.69) is 0 Å². The Labute approximate surface area is 157 Å². The van der Waals surface area contributed by atoms with Gasteiger partial charge in [0.25, 0.3) is 0 Å². The number of rotatable bonds is 2. The number of fused-ring (bicyclic) bond motifs is 3. The summed E-state index contributed by atoms with van der Waals surface area (Å²) in [6.07, 6.45) is 2.04. The smallest absolute Gasteiger partial charge is 0.165 e. The van der Waals surface area contributed by atoms with E-state index in [1.54, 1.807) is 12.1 Å². The maximum Gasteiger partial charge on any atom is 0.165 e. The number of benzene rings is 2. The van der Waals surface area contributed by atoms with E-state index in [1.165, 1.54) is 6.07 Å². The van der Waals surface area contributed by atoms with E-state index in [1.807, 2.05) is 0 Å². The lowest BCUT2D eigenvalue weighted by Gasteiger charge is -2.41. The van der Waals surface area contributed by atoms with Crippen molar-refractivity contribution in [1.82, 2.24) is 0 Å². The lowest BCUT2D eigenvalue weighted by Crippen LogP contribution is -2.32. The third-order valence-corrected chi connectivity index (χ3v) is 6.46. The van der Waals surface area contributed by atoms with Gasteiger partial charge in [0, 0.05) is 21.4 Å². The highest BCUT2D eigenvalue weighted by Crippen LogP contribution is 2.51. The third kappa shape index (κ3) is 3.04. The van der Waals surface area contributed by atoms with E-state index in [9.17, 15) is 17.5 Å². The highest BCUT2D eigenvalue weighted by Gasteiger charge is 2.40. The second-order valence-corrected chi connectivity index (χ2v) is 8.22. The van der Waals surface area contributed by atoms with Crippen molar-refractivity contribution in [2.24, 2.45) is 5.92 Å². The molecule has 3 nitrogen and oxygen atoms in total. The van der Waals surface area contributed by atoms with Crippen molar-refractivity contribution >= 4 is 22.7 Å². The van der Waals surface area contributed by atoms with Crippen molar-refractivity contribution in [1.29, 1.82) is 0 Å². The average Bonchev–Trinajstić information content (AvgIpc) is 2.63. The molecule has 1 aliphatic heterocycles. The number of hydrogen-bond donors (Lipinski definition) is 0. The average molecular weight is 398 g/mol. The summed E-state index contributed by atoms with van der Waals surface area (Å²) in [4.78, 5) is 0.213. The number of ether oxygens (including phenoxy) is 1. The Bertz CT molecular complexity index is 889. The van der Waals surface area contributed by atoms with Crippen LogP contribution in [0.3, 0.4) is 0 Å². The van der Waals surface area contributed by atoms with Crippen LogP contribution in [0.15, 0.2) is 35.2 Å². The van der Waals surface area contributed by atoms with Crippen molar-refractivity contribution in [2.75, 3.05) is 6.61 Å². The molecule has 26 heavy (non-hydrogen) atoms. The van der Waals surface area contributed by atoms with Gasteiger partial charge in [-0.05, 0) is 78.1 Å². The fourth-order valence-corrected chi connectivity index (χ4v) is 5.07. The van der Waals surface area contributed by atoms with Gasteiger partial charge in [0.15, 0.2) is 11.6 Å². The molecule has 0 amide bonds. The highest BCUT2D eigenvalue weighted by atomic mass is 35.5. The highest BCUT2D eigenvalue weighted by molar-refractivity contribution is 7.79. The molecule has 1 aliphatic carbocycles. The molecular weight excluding hydrogens is 382 g/mol. The Morgan fingerprint density at radius 3 is 2.69 bits per heavy atom. The lowest BCUT2D eigenvalue weighted by atomic mass is 9.68. The largest absolute Gasteiger partial charge is 0.768 e. The molecule has 138 valence electrons. The summed E-state index contributed by atoms with van der Waals surface area (Å²) < 4.78 is 57.2. The van der Waals surface area contributed by atoms with Gasteiger partial charge < -0.3 is 9.29 Å². The van der Waals surface area contributed by atoms with Gasteiger partial charge in [-0.15, -0.1) is 0 Å². The zero-order valence-corrected chi connectivity index (χ0v) is 15.3. The van der Waals surface area contributed by atoms with Crippen molar-refractivity contribution in [3.63, 3.8) is 0 Å². The molecule has 2 aromatic rings. The SMILES string of the molecule is O=S([O-])c1ccc(Cl)cc1C1CCC2COc3c(F)ccc(F)c3C2C1. The van der Waals surface area contributed by atoms with Crippen molar-refractivity contribution in [3.05, 3.63) is 58.1 Å². The Morgan fingerprint density at radius 1 is 1.15 bits per heavy atom. The van der Waals surface area contributed by atoms with E-state index < -0.39 is 22.7 Å². The second kappa shape index (κ2) is 6.91. The predicted molar refractivity (Wildman–Crippen MR) is 93.3 cm³/mol. The first-order valence-electron chi connectivity index (χ1n) is 8.45. The Hall–Kier alpha value is -1.50. The first-order chi connectivity index (χ1) is 12.5. The molecule has 0 spiro atoms. The number of halogens is 3. The van der Waals surface area contributed by atoms with Gasteiger partial charge in [-0.2, -0.15) is 0 Å². The molecule has 1 fully saturated rings. The first-order valence-corrected chi connectivity index (χ1v) is 9.90. The fourth-order valence-electron chi connectivity index (χ4n) is 4.29. The zero-order chi connectivity index (χ0) is 18.4. The molecule has 4 atom stereocenters. The summed E-state index contributed by atoms with van der Waals surface area (Å²) in [6, 6.07) is 6.90. The van der Waals surface area contributed by atoms with Crippen molar-refractivity contribution in [2.45, 2.75) is 36.0 Å². The van der Waals surface area contributed by atoms with Crippen LogP contribution in [-0.2, 0) is 11.1 Å². The third-order valence-electron chi connectivity index (χ3n) is 5.49. The zero-order valence-electron chi connectivity index (χ0n) is 13.7. The fraction of sp³-hybridized carbons (Fsp3) is 0.368. The molecule has 4 unspecified atom stereocenters. The summed E-state index contributed by atoms with van der Waals surface area (Å²) in [7, 11) is 0. The van der Waals surface area contributed by atoms with Crippen molar-refractivity contribution < 1.29 is 22.3 Å². The van der Waals surface area contributed by atoms with Crippen molar-refractivity contribution in [3.8, 4) is 5.75 Å². The maximum atomic E-state index is 14.5. The van der Waals surface area contributed by atoms with Crippen LogP contribution in [0.1, 0.15) is 42.2 Å².